The number of hydrogen-bond donors (Lipinski definition) is 0. The van der Waals surface area contributed by atoms with Crippen molar-refractivity contribution in [2.75, 3.05) is 5.75 Å². The van der Waals surface area contributed by atoms with Crippen LogP contribution in [0.3, 0.4) is 0 Å². The van der Waals surface area contributed by atoms with Crippen molar-refractivity contribution in [3.63, 3.8) is 0 Å². The van der Waals surface area contributed by atoms with Gasteiger partial charge in [-0.3, -0.25) is 0 Å². The van der Waals surface area contributed by atoms with E-state index < -0.39 is 0 Å². The van der Waals surface area contributed by atoms with E-state index in [9.17, 15) is 0 Å². The van der Waals surface area contributed by atoms with Gasteiger partial charge in [0.25, 0.3) is 0 Å². The molecular formula is C11H10N4OS4. The van der Waals surface area contributed by atoms with Crippen molar-refractivity contribution in [3.8, 4) is 10.7 Å². The normalized spacial score (nSPS) is 11.1. The third-order valence-electron chi connectivity index (χ3n) is 2.18. The molecule has 0 bridgehead atoms. The molecule has 3 aromatic heterocycles. The van der Waals surface area contributed by atoms with Crippen molar-refractivity contribution in [2.24, 2.45) is 0 Å². The molecule has 3 aromatic rings. The van der Waals surface area contributed by atoms with Gasteiger partial charge in [0.05, 0.1) is 10.6 Å². The summed E-state index contributed by atoms with van der Waals surface area (Å²) in [6, 6.07) is 3.95. The molecule has 0 radical (unpaired) electrons. The monoisotopic (exact) mass is 342 g/mol. The third kappa shape index (κ3) is 3.40. The quantitative estimate of drug-likeness (QED) is 0.626. The second-order valence-electron chi connectivity index (χ2n) is 3.54. The summed E-state index contributed by atoms with van der Waals surface area (Å²) in [6.07, 6.45) is 0. The largest absolute Gasteiger partial charge is 0.338 e. The second-order valence-corrected chi connectivity index (χ2v) is 8.20. The SMILES string of the molecule is CCSc1nnc(SCc2nc(-c3cccs3)no2)s1. The first kappa shape index (κ1) is 14.1. The number of aromatic nitrogens is 4. The molecule has 0 aliphatic carbocycles. The highest BCUT2D eigenvalue weighted by Gasteiger charge is 2.11. The average molecular weight is 342 g/mol. The molecule has 20 heavy (non-hydrogen) atoms. The van der Waals surface area contributed by atoms with Gasteiger partial charge in [-0.1, -0.05) is 53.0 Å². The maximum Gasteiger partial charge on any atom is 0.237 e. The summed E-state index contributed by atoms with van der Waals surface area (Å²) in [7, 11) is 0. The van der Waals surface area contributed by atoms with Crippen LogP contribution in [0.15, 0.2) is 30.7 Å². The first-order chi connectivity index (χ1) is 9.85. The standard InChI is InChI=1S/C11H10N4OS4/c1-2-17-10-13-14-11(20-10)19-6-8-12-9(15-16-8)7-4-3-5-18-7/h3-5H,2,6H2,1H3. The predicted molar refractivity (Wildman–Crippen MR) is 83.5 cm³/mol. The summed E-state index contributed by atoms with van der Waals surface area (Å²) >= 11 is 6.47. The van der Waals surface area contributed by atoms with Crippen LogP contribution in [0.1, 0.15) is 12.8 Å². The lowest BCUT2D eigenvalue weighted by Gasteiger charge is -1.89. The van der Waals surface area contributed by atoms with Crippen molar-refractivity contribution in [3.05, 3.63) is 23.4 Å². The Kier molecular flexibility index (Phi) is 4.71. The fourth-order valence-corrected chi connectivity index (χ4v) is 4.78. The summed E-state index contributed by atoms with van der Waals surface area (Å²) in [5.74, 6) is 2.88. The molecule has 0 saturated heterocycles. The molecule has 0 amide bonds. The van der Waals surface area contributed by atoms with Gasteiger partial charge in [0.15, 0.2) is 8.68 Å². The number of rotatable bonds is 6. The third-order valence-corrected chi connectivity index (χ3v) is 6.11. The van der Waals surface area contributed by atoms with Crippen LogP contribution in [0.2, 0.25) is 0 Å². The van der Waals surface area contributed by atoms with Gasteiger partial charge < -0.3 is 4.52 Å². The zero-order chi connectivity index (χ0) is 13.8. The van der Waals surface area contributed by atoms with Crippen LogP contribution in [0.25, 0.3) is 10.7 Å². The van der Waals surface area contributed by atoms with Gasteiger partial charge in [0.1, 0.15) is 0 Å². The van der Waals surface area contributed by atoms with Gasteiger partial charge in [0, 0.05) is 0 Å². The van der Waals surface area contributed by atoms with E-state index in [1.165, 1.54) is 0 Å². The van der Waals surface area contributed by atoms with Gasteiger partial charge in [-0.2, -0.15) is 4.98 Å². The number of nitrogens with zero attached hydrogens (tertiary/aromatic N) is 4. The molecule has 0 unspecified atom stereocenters. The second kappa shape index (κ2) is 6.70. The number of thiophene rings is 1. The Morgan fingerprint density at radius 3 is 2.85 bits per heavy atom. The molecule has 0 saturated carbocycles. The molecule has 3 rings (SSSR count). The Balaban J connectivity index is 1.60. The lowest BCUT2D eigenvalue weighted by molar-refractivity contribution is 0.392. The van der Waals surface area contributed by atoms with Crippen molar-refractivity contribution < 1.29 is 4.52 Å². The predicted octanol–water partition coefficient (Wildman–Crippen LogP) is 4.05. The van der Waals surface area contributed by atoms with Crippen LogP contribution in [0.4, 0.5) is 0 Å². The smallest absolute Gasteiger partial charge is 0.237 e. The maximum absolute atomic E-state index is 5.24. The molecule has 0 aliphatic heterocycles. The summed E-state index contributed by atoms with van der Waals surface area (Å²) in [6.45, 7) is 2.10. The zero-order valence-corrected chi connectivity index (χ0v) is 13.7. The fourth-order valence-electron chi connectivity index (χ4n) is 1.38. The molecule has 0 aliphatic rings. The first-order valence-electron chi connectivity index (χ1n) is 5.80. The molecule has 104 valence electrons. The molecule has 0 N–H and O–H groups in total. The van der Waals surface area contributed by atoms with Crippen LogP contribution in [-0.2, 0) is 5.75 Å². The summed E-state index contributed by atoms with van der Waals surface area (Å²) in [5, 5.41) is 14.2. The lowest BCUT2D eigenvalue weighted by atomic mass is 10.4. The van der Waals surface area contributed by atoms with E-state index in [4.69, 9.17) is 4.52 Å². The number of hydrogen-bond acceptors (Lipinski definition) is 9. The highest BCUT2D eigenvalue weighted by Crippen LogP contribution is 2.30. The molecule has 0 fully saturated rings. The van der Waals surface area contributed by atoms with Crippen LogP contribution in [-0.4, -0.2) is 26.1 Å². The lowest BCUT2D eigenvalue weighted by Crippen LogP contribution is -1.80. The van der Waals surface area contributed by atoms with Crippen LogP contribution in [0, 0.1) is 0 Å². The Labute approximate surface area is 132 Å². The van der Waals surface area contributed by atoms with Gasteiger partial charge in [-0.15, -0.1) is 21.5 Å². The van der Waals surface area contributed by atoms with Gasteiger partial charge in [-0.25, -0.2) is 0 Å². The molecule has 3 heterocycles. The highest BCUT2D eigenvalue weighted by atomic mass is 32.2. The van der Waals surface area contributed by atoms with E-state index in [1.54, 1.807) is 46.2 Å². The minimum atomic E-state index is 0.610. The van der Waals surface area contributed by atoms with Gasteiger partial charge in [-0.05, 0) is 17.2 Å². The van der Waals surface area contributed by atoms with E-state index in [2.05, 4.69) is 27.3 Å². The van der Waals surface area contributed by atoms with Crippen molar-refractivity contribution in [1.82, 2.24) is 20.3 Å². The van der Waals surface area contributed by atoms with E-state index in [0.29, 0.717) is 17.5 Å². The minimum Gasteiger partial charge on any atom is -0.338 e. The van der Waals surface area contributed by atoms with Crippen LogP contribution in [0.5, 0.6) is 0 Å². The highest BCUT2D eigenvalue weighted by molar-refractivity contribution is 8.02. The molecule has 0 spiro atoms. The fraction of sp³-hybridized carbons (Fsp3) is 0.273. The molecule has 0 atom stereocenters. The Morgan fingerprint density at radius 1 is 1.25 bits per heavy atom. The number of thioether (sulfide) groups is 2. The Bertz CT molecular complexity index is 664. The van der Waals surface area contributed by atoms with Crippen LogP contribution < -0.4 is 0 Å². The van der Waals surface area contributed by atoms with Crippen molar-refractivity contribution in [2.45, 2.75) is 21.4 Å². The molecule has 0 aromatic carbocycles. The summed E-state index contributed by atoms with van der Waals surface area (Å²) in [5.41, 5.74) is 0. The van der Waals surface area contributed by atoms with Gasteiger partial charge in [0.2, 0.25) is 11.7 Å². The van der Waals surface area contributed by atoms with E-state index in [0.717, 1.165) is 19.3 Å². The van der Waals surface area contributed by atoms with E-state index in [-0.39, 0.29) is 0 Å². The van der Waals surface area contributed by atoms with Crippen LogP contribution >= 0.6 is 46.2 Å². The molecule has 5 nitrogen and oxygen atoms in total. The van der Waals surface area contributed by atoms with Crippen molar-refractivity contribution >= 4 is 46.2 Å². The van der Waals surface area contributed by atoms with E-state index >= 15 is 0 Å². The van der Waals surface area contributed by atoms with Gasteiger partial charge >= 0.3 is 0 Å². The molecular weight excluding hydrogens is 332 g/mol. The van der Waals surface area contributed by atoms with Crippen molar-refractivity contribution in [1.29, 1.82) is 0 Å². The Hall–Kier alpha value is -0.900. The first-order valence-corrected chi connectivity index (χ1v) is 9.47. The Morgan fingerprint density at radius 2 is 2.10 bits per heavy atom. The van der Waals surface area contributed by atoms with E-state index in [1.807, 2.05) is 17.5 Å². The minimum absolute atomic E-state index is 0.610. The molecule has 9 heteroatoms. The maximum atomic E-state index is 5.24. The topological polar surface area (TPSA) is 64.7 Å². The summed E-state index contributed by atoms with van der Waals surface area (Å²) < 4.78 is 7.17. The summed E-state index contributed by atoms with van der Waals surface area (Å²) in [4.78, 5) is 5.39. The average Bonchev–Trinajstić information content (AvgIpc) is 3.18. The zero-order valence-electron chi connectivity index (χ0n) is 10.5.